The highest BCUT2D eigenvalue weighted by atomic mass is 16.7. The van der Waals surface area contributed by atoms with Gasteiger partial charge in [0.15, 0.2) is 6.29 Å². The number of aliphatic hydroxyl groups excluding tert-OH is 5. The third-order valence-corrected chi connectivity index (χ3v) is 2.47. The van der Waals surface area contributed by atoms with Crippen LogP contribution in [0.15, 0.2) is 0 Å². The molecule has 1 aliphatic rings. The lowest BCUT2D eigenvalue weighted by molar-refractivity contribution is -0.311. The van der Waals surface area contributed by atoms with Gasteiger partial charge in [0, 0.05) is 0 Å². The van der Waals surface area contributed by atoms with Crippen LogP contribution < -0.4 is 0 Å². The number of ether oxygens (including phenoxy) is 2. The van der Waals surface area contributed by atoms with E-state index in [1.54, 1.807) is 6.92 Å². The maximum atomic E-state index is 9.54. The molecule has 96 valence electrons. The Hall–Kier alpha value is -0.280. The van der Waals surface area contributed by atoms with E-state index in [1.807, 2.05) is 0 Å². The van der Waals surface area contributed by atoms with E-state index in [-0.39, 0.29) is 6.61 Å². The van der Waals surface area contributed by atoms with Gasteiger partial charge in [0.2, 0.25) is 0 Å². The van der Waals surface area contributed by atoms with Crippen LogP contribution in [0.25, 0.3) is 0 Å². The predicted octanol–water partition coefficient (Wildman–Crippen LogP) is -2.82. The monoisotopic (exact) mass is 238 g/mol. The molecule has 7 nitrogen and oxygen atoms in total. The van der Waals surface area contributed by atoms with E-state index >= 15 is 0 Å². The lowest BCUT2D eigenvalue weighted by Gasteiger charge is -2.40. The highest BCUT2D eigenvalue weighted by Gasteiger charge is 2.44. The van der Waals surface area contributed by atoms with Crippen LogP contribution in [0.4, 0.5) is 0 Å². The Morgan fingerprint density at radius 2 is 1.75 bits per heavy atom. The minimum atomic E-state index is -1.46. The third-order valence-electron chi connectivity index (χ3n) is 2.47. The van der Waals surface area contributed by atoms with Gasteiger partial charge >= 0.3 is 0 Å². The van der Waals surface area contributed by atoms with Crippen LogP contribution >= 0.6 is 0 Å². The molecule has 7 heteroatoms. The van der Waals surface area contributed by atoms with E-state index < -0.39 is 43.4 Å². The molecule has 0 bridgehead atoms. The van der Waals surface area contributed by atoms with Crippen LogP contribution in [0, 0.1) is 0 Å². The molecule has 0 aromatic heterocycles. The van der Waals surface area contributed by atoms with Crippen LogP contribution in [0.3, 0.4) is 0 Å². The molecule has 1 unspecified atom stereocenters. The molecule has 1 aliphatic heterocycles. The minimum Gasteiger partial charge on any atom is -0.394 e. The molecule has 0 spiro atoms. The van der Waals surface area contributed by atoms with Crippen LogP contribution in [-0.2, 0) is 9.47 Å². The second kappa shape index (κ2) is 5.87. The molecule has 1 fully saturated rings. The van der Waals surface area contributed by atoms with Gasteiger partial charge in [0.05, 0.1) is 19.3 Å². The summed E-state index contributed by atoms with van der Waals surface area (Å²) in [7, 11) is 0. The second-order valence-electron chi connectivity index (χ2n) is 3.83. The molecular formula is C9H18O7. The fraction of sp³-hybridized carbons (Fsp3) is 1.00. The zero-order valence-electron chi connectivity index (χ0n) is 8.93. The largest absolute Gasteiger partial charge is 0.394 e. The molecule has 1 rings (SSSR count). The molecule has 5 N–H and O–H groups in total. The van der Waals surface area contributed by atoms with E-state index in [2.05, 4.69) is 0 Å². The Morgan fingerprint density at radius 1 is 1.12 bits per heavy atom. The fourth-order valence-electron chi connectivity index (χ4n) is 1.45. The van der Waals surface area contributed by atoms with Gasteiger partial charge in [-0.05, 0) is 6.92 Å². The molecule has 1 saturated heterocycles. The number of rotatable bonds is 4. The normalized spacial score (nSPS) is 42.0. The van der Waals surface area contributed by atoms with Crippen LogP contribution in [0.2, 0.25) is 0 Å². The van der Waals surface area contributed by atoms with Gasteiger partial charge in [0.25, 0.3) is 0 Å². The molecule has 0 amide bonds. The zero-order valence-corrected chi connectivity index (χ0v) is 8.93. The summed E-state index contributed by atoms with van der Waals surface area (Å²) in [5.74, 6) is 0. The summed E-state index contributed by atoms with van der Waals surface area (Å²) in [6.45, 7) is 0.786. The first-order chi connectivity index (χ1) is 7.51. The quantitative estimate of drug-likeness (QED) is 0.358. The van der Waals surface area contributed by atoms with Crippen molar-refractivity contribution in [2.45, 2.75) is 43.7 Å². The molecule has 6 atom stereocenters. The summed E-state index contributed by atoms with van der Waals surface area (Å²) in [5, 5.41) is 46.1. The van der Waals surface area contributed by atoms with Crippen molar-refractivity contribution in [1.29, 1.82) is 0 Å². The number of hydrogen-bond acceptors (Lipinski definition) is 7. The van der Waals surface area contributed by atoms with Gasteiger partial charge in [-0.3, -0.25) is 0 Å². The van der Waals surface area contributed by atoms with E-state index in [0.717, 1.165) is 0 Å². The van der Waals surface area contributed by atoms with Crippen molar-refractivity contribution in [3.63, 3.8) is 0 Å². The molecule has 0 saturated carbocycles. The topological polar surface area (TPSA) is 120 Å². The minimum absolute atomic E-state index is 0.269. The number of aliphatic hydroxyl groups is 5. The SMILES string of the molecule is CC(CO)O[C@@H]1O[C@H](CO)[C@@H](O)[C@H](O)[C@H]1O. The Labute approximate surface area is 92.9 Å². The summed E-state index contributed by atoms with van der Waals surface area (Å²) in [6.07, 6.45) is -7.04. The van der Waals surface area contributed by atoms with Gasteiger partial charge in [-0.15, -0.1) is 0 Å². The molecule has 0 aromatic rings. The predicted molar refractivity (Wildman–Crippen MR) is 51.4 cm³/mol. The highest BCUT2D eigenvalue weighted by Crippen LogP contribution is 2.22. The first-order valence-corrected chi connectivity index (χ1v) is 5.08. The molecule has 0 radical (unpaired) electrons. The second-order valence-corrected chi connectivity index (χ2v) is 3.83. The van der Waals surface area contributed by atoms with Gasteiger partial charge in [-0.1, -0.05) is 0 Å². The van der Waals surface area contributed by atoms with Crippen molar-refractivity contribution >= 4 is 0 Å². The van der Waals surface area contributed by atoms with Gasteiger partial charge in [0.1, 0.15) is 24.4 Å². The first kappa shape index (κ1) is 13.8. The number of hydrogen-bond donors (Lipinski definition) is 5. The molecular weight excluding hydrogens is 220 g/mol. The fourth-order valence-corrected chi connectivity index (χ4v) is 1.45. The van der Waals surface area contributed by atoms with E-state index in [4.69, 9.17) is 19.7 Å². The smallest absolute Gasteiger partial charge is 0.187 e. The summed E-state index contributed by atoms with van der Waals surface area (Å²) < 4.78 is 10.2. The van der Waals surface area contributed by atoms with Crippen molar-refractivity contribution in [1.82, 2.24) is 0 Å². The summed E-state index contributed by atoms with van der Waals surface area (Å²) in [6, 6.07) is 0. The first-order valence-electron chi connectivity index (χ1n) is 5.08. The third kappa shape index (κ3) is 2.89. The summed E-state index contributed by atoms with van der Waals surface area (Å²) >= 11 is 0. The molecule has 0 aliphatic carbocycles. The van der Waals surface area contributed by atoms with Gasteiger partial charge in [-0.2, -0.15) is 0 Å². The Balaban J connectivity index is 2.63. The standard InChI is InChI=1S/C9H18O7/c1-4(2-10)15-9-8(14)7(13)6(12)5(3-11)16-9/h4-14H,2-3H2,1H3/t4?,5-,6-,7+,8-,9-/m1/s1. The van der Waals surface area contributed by atoms with Crippen LogP contribution in [-0.4, -0.2) is 75.6 Å². The lowest BCUT2D eigenvalue weighted by Crippen LogP contribution is -2.59. The van der Waals surface area contributed by atoms with Crippen molar-refractivity contribution in [3.8, 4) is 0 Å². The molecule has 1 heterocycles. The molecule has 16 heavy (non-hydrogen) atoms. The summed E-state index contributed by atoms with van der Waals surface area (Å²) in [5.41, 5.74) is 0. The highest BCUT2D eigenvalue weighted by molar-refractivity contribution is 4.89. The van der Waals surface area contributed by atoms with Gasteiger partial charge < -0.3 is 35.0 Å². The Bertz CT molecular complexity index is 210. The average Bonchev–Trinajstić information content (AvgIpc) is 2.29. The van der Waals surface area contributed by atoms with Gasteiger partial charge in [-0.25, -0.2) is 0 Å². The van der Waals surface area contributed by atoms with Crippen LogP contribution in [0.5, 0.6) is 0 Å². The van der Waals surface area contributed by atoms with Crippen molar-refractivity contribution in [2.75, 3.05) is 13.2 Å². The van der Waals surface area contributed by atoms with E-state index in [0.29, 0.717) is 0 Å². The zero-order chi connectivity index (χ0) is 12.3. The van der Waals surface area contributed by atoms with E-state index in [9.17, 15) is 15.3 Å². The lowest BCUT2D eigenvalue weighted by atomic mass is 9.99. The van der Waals surface area contributed by atoms with Crippen LogP contribution in [0.1, 0.15) is 6.92 Å². The van der Waals surface area contributed by atoms with Crippen molar-refractivity contribution in [3.05, 3.63) is 0 Å². The molecule has 0 aromatic carbocycles. The maximum Gasteiger partial charge on any atom is 0.187 e. The Morgan fingerprint density at radius 3 is 2.25 bits per heavy atom. The van der Waals surface area contributed by atoms with Crippen molar-refractivity contribution in [2.24, 2.45) is 0 Å². The average molecular weight is 238 g/mol. The van der Waals surface area contributed by atoms with Crippen molar-refractivity contribution < 1.29 is 35.0 Å². The maximum absolute atomic E-state index is 9.54. The van der Waals surface area contributed by atoms with E-state index in [1.165, 1.54) is 0 Å². The Kier molecular flexibility index (Phi) is 5.06. The summed E-state index contributed by atoms with van der Waals surface area (Å²) in [4.78, 5) is 0.